The standard InChI is InChI=1S/C17H21FN2O2/c1-11(21)17(14-10-19-8-9-20-14)22-15-7-3-5-12-4-2-6-13(18)16(12)15/h2-7,11,14,17,19-21H,8-10H2,1H3. The Kier molecular flexibility index (Phi) is 4.57. The lowest BCUT2D eigenvalue weighted by Crippen LogP contribution is -2.58. The third kappa shape index (κ3) is 3.06. The molecule has 2 aromatic carbocycles. The predicted molar refractivity (Wildman–Crippen MR) is 84.7 cm³/mol. The van der Waals surface area contributed by atoms with Gasteiger partial charge in [0.15, 0.2) is 0 Å². The Morgan fingerprint density at radius 1 is 1.23 bits per heavy atom. The first-order valence-electron chi connectivity index (χ1n) is 7.63. The van der Waals surface area contributed by atoms with Gasteiger partial charge in [-0.1, -0.05) is 24.3 Å². The van der Waals surface area contributed by atoms with Gasteiger partial charge in [0.1, 0.15) is 17.7 Å². The van der Waals surface area contributed by atoms with Crippen LogP contribution in [0.4, 0.5) is 4.39 Å². The van der Waals surface area contributed by atoms with Crippen molar-refractivity contribution in [3.63, 3.8) is 0 Å². The summed E-state index contributed by atoms with van der Waals surface area (Å²) in [6.07, 6.45) is -1.11. The molecule has 2 aromatic rings. The van der Waals surface area contributed by atoms with Crippen LogP contribution >= 0.6 is 0 Å². The van der Waals surface area contributed by atoms with E-state index in [4.69, 9.17) is 4.74 Å². The molecule has 22 heavy (non-hydrogen) atoms. The highest BCUT2D eigenvalue weighted by atomic mass is 19.1. The van der Waals surface area contributed by atoms with Crippen molar-refractivity contribution in [2.75, 3.05) is 19.6 Å². The summed E-state index contributed by atoms with van der Waals surface area (Å²) in [5, 5.41) is 17.9. The SMILES string of the molecule is CC(O)C(Oc1cccc2cccc(F)c12)C1CNCCN1. The third-order valence-electron chi connectivity index (χ3n) is 4.02. The average molecular weight is 304 g/mol. The average Bonchev–Trinajstić information content (AvgIpc) is 2.53. The number of piperazine rings is 1. The highest BCUT2D eigenvalue weighted by Gasteiger charge is 2.29. The minimum absolute atomic E-state index is 0.0178. The van der Waals surface area contributed by atoms with Crippen LogP contribution < -0.4 is 15.4 Å². The van der Waals surface area contributed by atoms with Crippen LogP contribution in [0, 0.1) is 5.82 Å². The van der Waals surface area contributed by atoms with Crippen LogP contribution in [-0.4, -0.2) is 43.0 Å². The molecule has 0 aromatic heterocycles. The number of aliphatic hydroxyl groups is 1. The van der Waals surface area contributed by atoms with Crippen LogP contribution in [0.3, 0.4) is 0 Å². The summed E-state index contributed by atoms with van der Waals surface area (Å²) in [6.45, 7) is 4.12. The Labute approximate surface area is 129 Å². The Morgan fingerprint density at radius 3 is 2.68 bits per heavy atom. The maximum atomic E-state index is 14.2. The monoisotopic (exact) mass is 304 g/mol. The molecule has 0 bridgehead atoms. The van der Waals surface area contributed by atoms with Gasteiger partial charge in [-0.15, -0.1) is 0 Å². The summed E-state index contributed by atoms with van der Waals surface area (Å²) in [7, 11) is 0. The smallest absolute Gasteiger partial charge is 0.141 e. The van der Waals surface area contributed by atoms with Crippen LogP contribution in [0.2, 0.25) is 0 Å². The Morgan fingerprint density at radius 2 is 2.00 bits per heavy atom. The quantitative estimate of drug-likeness (QED) is 0.804. The molecule has 1 aliphatic rings. The van der Waals surface area contributed by atoms with E-state index in [0.29, 0.717) is 17.7 Å². The van der Waals surface area contributed by atoms with Crippen LogP contribution in [0.5, 0.6) is 5.75 Å². The Balaban J connectivity index is 1.92. The van der Waals surface area contributed by atoms with Crippen molar-refractivity contribution < 1.29 is 14.2 Å². The van der Waals surface area contributed by atoms with Crippen molar-refractivity contribution in [2.24, 2.45) is 0 Å². The minimum atomic E-state index is -0.667. The van der Waals surface area contributed by atoms with E-state index in [2.05, 4.69) is 10.6 Å². The zero-order chi connectivity index (χ0) is 15.5. The number of nitrogens with one attached hydrogen (secondary N) is 2. The molecule has 0 spiro atoms. The van der Waals surface area contributed by atoms with E-state index in [1.807, 2.05) is 18.2 Å². The van der Waals surface area contributed by atoms with Gasteiger partial charge in [-0.3, -0.25) is 0 Å². The molecule has 1 saturated heterocycles. The predicted octanol–water partition coefficient (Wildman–Crippen LogP) is 1.67. The summed E-state index contributed by atoms with van der Waals surface area (Å²) >= 11 is 0. The summed E-state index contributed by atoms with van der Waals surface area (Å²) in [4.78, 5) is 0. The van der Waals surface area contributed by atoms with E-state index < -0.39 is 12.2 Å². The van der Waals surface area contributed by atoms with E-state index in [0.717, 1.165) is 18.5 Å². The molecule has 1 fully saturated rings. The number of hydrogen-bond acceptors (Lipinski definition) is 4. The Bertz CT molecular complexity index is 636. The van der Waals surface area contributed by atoms with Gasteiger partial charge in [-0.25, -0.2) is 4.39 Å². The molecule has 3 N–H and O–H groups in total. The number of fused-ring (bicyclic) bond motifs is 1. The zero-order valence-electron chi connectivity index (χ0n) is 12.6. The fourth-order valence-electron chi connectivity index (χ4n) is 2.93. The first kappa shape index (κ1) is 15.2. The summed E-state index contributed by atoms with van der Waals surface area (Å²) in [5.74, 6) is 0.154. The molecule has 0 saturated carbocycles. The fraction of sp³-hybridized carbons (Fsp3) is 0.412. The van der Waals surface area contributed by atoms with Gasteiger partial charge >= 0.3 is 0 Å². The molecule has 3 unspecified atom stereocenters. The topological polar surface area (TPSA) is 53.5 Å². The van der Waals surface area contributed by atoms with Gasteiger partial charge < -0.3 is 20.5 Å². The molecule has 0 amide bonds. The maximum Gasteiger partial charge on any atom is 0.141 e. The molecule has 0 radical (unpaired) electrons. The van der Waals surface area contributed by atoms with Crippen LogP contribution in [0.1, 0.15) is 6.92 Å². The fourth-order valence-corrected chi connectivity index (χ4v) is 2.93. The molecule has 5 heteroatoms. The summed E-state index contributed by atoms with van der Waals surface area (Å²) in [5.41, 5.74) is 0. The lowest BCUT2D eigenvalue weighted by molar-refractivity contribution is 0.0217. The van der Waals surface area contributed by atoms with Crippen molar-refractivity contribution in [2.45, 2.75) is 25.2 Å². The number of ether oxygens (including phenoxy) is 1. The van der Waals surface area contributed by atoms with Crippen molar-refractivity contribution in [3.05, 3.63) is 42.2 Å². The third-order valence-corrected chi connectivity index (χ3v) is 4.02. The molecule has 4 nitrogen and oxygen atoms in total. The number of halogens is 1. The number of aliphatic hydroxyl groups excluding tert-OH is 1. The lowest BCUT2D eigenvalue weighted by Gasteiger charge is -2.34. The highest BCUT2D eigenvalue weighted by molar-refractivity contribution is 5.88. The minimum Gasteiger partial charge on any atom is -0.485 e. The van der Waals surface area contributed by atoms with Crippen LogP contribution in [0.15, 0.2) is 36.4 Å². The molecular formula is C17H21FN2O2. The maximum absolute atomic E-state index is 14.2. The first-order chi connectivity index (χ1) is 10.7. The molecule has 0 aliphatic carbocycles. The molecule has 3 rings (SSSR count). The Hall–Kier alpha value is -1.69. The van der Waals surface area contributed by atoms with Gasteiger partial charge in [0.25, 0.3) is 0 Å². The molecule has 1 aliphatic heterocycles. The van der Waals surface area contributed by atoms with Gasteiger partial charge in [-0.05, 0) is 24.4 Å². The normalized spacial score (nSPS) is 21.5. The van der Waals surface area contributed by atoms with Gasteiger partial charge in [0.05, 0.1) is 17.5 Å². The van der Waals surface area contributed by atoms with Gasteiger partial charge in [-0.2, -0.15) is 0 Å². The molecule has 3 atom stereocenters. The highest BCUT2D eigenvalue weighted by Crippen LogP contribution is 2.29. The van der Waals surface area contributed by atoms with E-state index in [1.54, 1.807) is 19.1 Å². The van der Waals surface area contributed by atoms with Crippen LogP contribution in [0.25, 0.3) is 10.8 Å². The molecule has 118 valence electrons. The van der Waals surface area contributed by atoms with E-state index >= 15 is 0 Å². The first-order valence-corrected chi connectivity index (χ1v) is 7.63. The summed E-state index contributed by atoms with van der Waals surface area (Å²) in [6, 6.07) is 10.4. The second-order valence-electron chi connectivity index (χ2n) is 5.68. The van der Waals surface area contributed by atoms with Gasteiger partial charge in [0.2, 0.25) is 0 Å². The second kappa shape index (κ2) is 6.60. The molecule has 1 heterocycles. The van der Waals surface area contributed by atoms with Crippen molar-refractivity contribution in [1.29, 1.82) is 0 Å². The largest absolute Gasteiger partial charge is 0.485 e. The number of rotatable bonds is 4. The number of hydrogen-bond donors (Lipinski definition) is 3. The van der Waals surface area contributed by atoms with E-state index in [-0.39, 0.29) is 11.9 Å². The van der Waals surface area contributed by atoms with Crippen molar-refractivity contribution in [1.82, 2.24) is 10.6 Å². The van der Waals surface area contributed by atoms with E-state index in [1.165, 1.54) is 6.07 Å². The van der Waals surface area contributed by atoms with Crippen LogP contribution in [-0.2, 0) is 0 Å². The zero-order valence-corrected chi connectivity index (χ0v) is 12.6. The second-order valence-corrected chi connectivity index (χ2v) is 5.68. The van der Waals surface area contributed by atoms with Gasteiger partial charge in [0, 0.05) is 19.6 Å². The van der Waals surface area contributed by atoms with E-state index in [9.17, 15) is 9.50 Å². The molecular weight excluding hydrogens is 283 g/mol. The van der Waals surface area contributed by atoms with Crippen molar-refractivity contribution >= 4 is 10.8 Å². The lowest BCUT2D eigenvalue weighted by atomic mass is 10.0. The number of benzene rings is 2. The van der Waals surface area contributed by atoms with Crippen molar-refractivity contribution in [3.8, 4) is 5.75 Å². The summed E-state index contributed by atoms with van der Waals surface area (Å²) < 4.78 is 20.2.